The maximum absolute atomic E-state index is 4.58. The van der Waals surface area contributed by atoms with E-state index in [4.69, 9.17) is 0 Å². The second-order valence-corrected chi connectivity index (χ2v) is 7.02. The fraction of sp³-hybridized carbons (Fsp3) is 0.444. The number of aromatic nitrogens is 2. The van der Waals surface area contributed by atoms with E-state index in [1.165, 1.54) is 11.1 Å². The smallest absolute Gasteiger partial charge is 0.204 e. The number of aryl methyl sites for hydroxylation is 1. The summed E-state index contributed by atoms with van der Waals surface area (Å²) in [5, 5.41) is 0. The van der Waals surface area contributed by atoms with Crippen molar-refractivity contribution >= 4 is 0 Å². The van der Waals surface area contributed by atoms with Gasteiger partial charge in [-0.3, -0.25) is 4.98 Å². The van der Waals surface area contributed by atoms with E-state index in [1.807, 2.05) is 6.20 Å². The van der Waals surface area contributed by atoms with E-state index in [1.54, 1.807) is 0 Å². The Morgan fingerprint density at radius 1 is 0.900 bits per heavy atom. The lowest BCUT2D eigenvalue weighted by atomic mass is 9.87. The molecule has 2 rings (SSSR count). The second kappa shape index (κ2) is 5.01. The van der Waals surface area contributed by atoms with E-state index in [9.17, 15) is 0 Å². The molecule has 2 heteroatoms. The van der Waals surface area contributed by atoms with Crippen LogP contribution in [-0.2, 0) is 11.0 Å². The highest BCUT2D eigenvalue weighted by Crippen LogP contribution is 2.22. The first kappa shape index (κ1) is 14.7. The molecule has 0 radical (unpaired) electrons. The van der Waals surface area contributed by atoms with Crippen LogP contribution in [0.4, 0.5) is 0 Å². The second-order valence-electron chi connectivity index (χ2n) is 7.02. The zero-order chi connectivity index (χ0) is 15.0. The van der Waals surface area contributed by atoms with Crippen LogP contribution < -0.4 is 4.57 Å². The van der Waals surface area contributed by atoms with Gasteiger partial charge in [0.05, 0.1) is 0 Å². The Labute approximate surface area is 122 Å². The van der Waals surface area contributed by atoms with Gasteiger partial charge < -0.3 is 0 Å². The highest BCUT2D eigenvalue weighted by Gasteiger charge is 2.32. The van der Waals surface area contributed by atoms with Gasteiger partial charge in [-0.05, 0) is 29.5 Å². The monoisotopic (exact) mass is 269 g/mol. The Morgan fingerprint density at radius 2 is 1.50 bits per heavy atom. The summed E-state index contributed by atoms with van der Waals surface area (Å²) in [7, 11) is 0. The Hall–Kier alpha value is -1.70. The summed E-state index contributed by atoms with van der Waals surface area (Å²) in [6.07, 6.45) is 6.24. The van der Waals surface area contributed by atoms with Crippen molar-refractivity contribution < 1.29 is 4.57 Å². The SMILES string of the molecule is Cc1ccc(C(C)(C)[n+]2ccc(C(C)(C)C)cc2)nc1. The molecule has 0 N–H and O–H groups in total. The van der Waals surface area contributed by atoms with Crippen molar-refractivity contribution in [2.75, 3.05) is 0 Å². The largest absolute Gasteiger partial charge is 0.254 e. The van der Waals surface area contributed by atoms with Crippen molar-refractivity contribution in [2.24, 2.45) is 0 Å². The van der Waals surface area contributed by atoms with Gasteiger partial charge in [0.2, 0.25) is 5.54 Å². The van der Waals surface area contributed by atoms with Crippen LogP contribution in [0.15, 0.2) is 42.9 Å². The molecule has 2 nitrogen and oxygen atoms in total. The Balaban J connectivity index is 2.37. The first-order valence-electron chi connectivity index (χ1n) is 7.17. The molecule has 2 aromatic rings. The molecule has 20 heavy (non-hydrogen) atoms. The molecule has 2 heterocycles. The first-order chi connectivity index (χ1) is 9.21. The van der Waals surface area contributed by atoms with Crippen LogP contribution in [0.25, 0.3) is 0 Å². The van der Waals surface area contributed by atoms with E-state index in [2.05, 4.69) is 87.8 Å². The summed E-state index contributed by atoms with van der Waals surface area (Å²) < 4.78 is 2.22. The molecule has 0 aliphatic rings. The fourth-order valence-corrected chi connectivity index (χ4v) is 2.26. The lowest BCUT2D eigenvalue weighted by Crippen LogP contribution is -2.53. The third-order valence-corrected chi connectivity index (χ3v) is 3.88. The van der Waals surface area contributed by atoms with Crippen LogP contribution >= 0.6 is 0 Å². The van der Waals surface area contributed by atoms with Crippen molar-refractivity contribution in [3.05, 3.63) is 59.7 Å². The molecule has 0 saturated carbocycles. The van der Waals surface area contributed by atoms with E-state index < -0.39 is 0 Å². The predicted molar refractivity (Wildman–Crippen MR) is 82.7 cm³/mol. The van der Waals surface area contributed by atoms with Gasteiger partial charge in [0.25, 0.3) is 0 Å². The van der Waals surface area contributed by atoms with E-state index >= 15 is 0 Å². The topological polar surface area (TPSA) is 16.8 Å². The summed E-state index contributed by atoms with van der Waals surface area (Å²) in [6.45, 7) is 13.2. The molecule has 2 aromatic heterocycles. The molecule has 0 aromatic carbocycles. The minimum Gasteiger partial charge on any atom is -0.254 e. The molecule has 0 aliphatic carbocycles. The van der Waals surface area contributed by atoms with Gasteiger partial charge in [-0.1, -0.05) is 26.8 Å². The van der Waals surface area contributed by atoms with Gasteiger partial charge in [-0.2, -0.15) is 4.57 Å². The number of hydrogen-bond donors (Lipinski definition) is 0. The summed E-state index contributed by atoms with van der Waals surface area (Å²) in [5.74, 6) is 0. The maximum atomic E-state index is 4.58. The minimum absolute atomic E-state index is 0.149. The molecule has 0 aliphatic heterocycles. The van der Waals surface area contributed by atoms with E-state index in [-0.39, 0.29) is 11.0 Å². The summed E-state index contributed by atoms with van der Waals surface area (Å²) >= 11 is 0. The predicted octanol–water partition coefficient (Wildman–Crippen LogP) is 3.76. The van der Waals surface area contributed by atoms with Crippen molar-refractivity contribution in [1.82, 2.24) is 4.98 Å². The summed E-state index contributed by atoms with van der Waals surface area (Å²) in [6, 6.07) is 8.64. The van der Waals surface area contributed by atoms with Gasteiger partial charge in [0, 0.05) is 32.2 Å². The zero-order valence-electron chi connectivity index (χ0n) is 13.4. The van der Waals surface area contributed by atoms with Crippen LogP contribution in [0.1, 0.15) is 51.4 Å². The Morgan fingerprint density at radius 3 is 1.95 bits per heavy atom. The van der Waals surface area contributed by atoms with Crippen molar-refractivity contribution in [2.45, 2.75) is 52.5 Å². The van der Waals surface area contributed by atoms with E-state index in [0.29, 0.717) is 0 Å². The quantitative estimate of drug-likeness (QED) is 0.759. The van der Waals surface area contributed by atoms with Crippen LogP contribution in [-0.4, -0.2) is 4.98 Å². The van der Waals surface area contributed by atoms with Crippen molar-refractivity contribution in [3.8, 4) is 0 Å². The average molecular weight is 269 g/mol. The van der Waals surface area contributed by atoms with Gasteiger partial charge in [-0.25, -0.2) is 0 Å². The molecule has 0 bridgehead atoms. The number of nitrogens with zero attached hydrogens (tertiary/aromatic N) is 2. The molecule has 0 spiro atoms. The van der Waals surface area contributed by atoms with Gasteiger partial charge in [0.1, 0.15) is 5.69 Å². The molecular formula is C18H25N2+. The molecule has 106 valence electrons. The molecule has 0 fully saturated rings. The van der Waals surface area contributed by atoms with Crippen LogP contribution in [0.3, 0.4) is 0 Å². The maximum Gasteiger partial charge on any atom is 0.204 e. The molecule has 0 amide bonds. The standard InChI is InChI=1S/C18H25N2/c1-14-7-8-16(19-13-14)18(5,6)20-11-9-15(10-12-20)17(2,3)4/h7-13H,1-6H3/q+1. The van der Waals surface area contributed by atoms with Crippen LogP contribution in [0.2, 0.25) is 0 Å². The Kier molecular flexibility index (Phi) is 3.68. The highest BCUT2D eigenvalue weighted by atomic mass is 15.0. The van der Waals surface area contributed by atoms with Gasteiger partial charge in [0.15, 0.2) is 12.4 Å². The minimum atomic E-state index is -0.149. The Bertz CT molecular complexity index is 572. The summed E-state index contributed by atoms with van der Waals surface area (Å²) in [5.41, 5.74) is 3.66. The first-order valence-corrected chi connectivity index (χ1v) is 7.17. The normalized spacial score (nSPS) is 12.5. The molecule has 0 saturated heterocycles. The summed E-state index contributed by atoms with van der Waals surface area (Å²) in [4.78, 5) is 4.58. The van der Waals surface area contributed by atoms with Crippen molar-refractivity contribution in [3.63, 3.8) is 0 Å². The van der Waals surface area contributed by atoms with Crippen LogP contribution in [0, 0.1) is 6.92 Å². The third-order valence-electron chi connectivity index (χ3n) is 3.88. The number of hydrogen-bond acceptors (Lipinski definition) is 1. The van der Waals surface area contributed by atoms with Gasteiger partial charge >= 0.3 is 0 Å². The molecule has 0 unspecified atom stereocenters. The molecule has 0 atom stereocenters. The lowest BCUT2D eigenvalue weighted by Gasteiger charge is -2.21. The van der Waals surface area contributed by atoms with Crippen molar-refractivity contribution in [1.29, 1.82) is 0 Å². The zero-order valence-corrected chi connectivity index (χ0v) is 13.4. The number of rotatable bonds is 2. The number of pyridine rings is 2. The highest BCUT2D eigenvalue weighted by molar-refractivity contribution is 5.19. The van der Waals surface area contributed by atoms with Crippen LogP contribution in [0.5, 0.6) is 0 Å². The third kappa shape index (κ3) is 2.90. The fourth-order valence-electron chi connectivity index (χ4n) is 2.26. The van der Waals surface area contributed by atoms with E-state index in [0.717, 1.165) is 5.69 Å². The average Bonchev–Trinajstić information content (AvgIpc) is 2.38. The molecular weight excluding hydrogens is 244 g/mol. The van der Waals surface area contributed by atoms with Gasteiger partial charge in [-0.15, -0.1) is 0 Å². The lowest BCUT2D eigenvalue weighted by molar-refractivity contribution is -0.748.